The van der Waals surface area contributed by atoms with Crippen molar-refractivity contribution in [1.82, 2.24) is 0 Å². The zero-order valence-corrected chi connectivity index (χ0v) is 36.0. The van der Waals surface area contributed by atoms with Crippen molar-refractivity contribution in [3.63, 3.8) is 0 Å². The number of ether oxygens (including phenoxy) is 12. The van der Waals surface area contributed by atoms with Gasteiger partial charge in [0.1, 0.15) is 146 Å². The summed E-state index contributed by atoms with van der Waals surface area (Å²) in [5.41, 5.74) is 0. The van der Waals surface area contributed by atoms with Crippen molar-refractivity contribution in [3.8, 4) is 0 Å². The summed E-state index contributed by atoms with van der Waals surface area (Å²) >= 11 is 0. The topological polar surface area (TPSA) is 495 Å². The van der Waals surface area contributed by atoms with Crippen molar-refractivity contribution < 1.29 is 154 Å². The Labute approximate surface area is 384 Å². The van der Waals surface area contributed by atoms with E-state index in [0.717, 1.165) is 7.11 Å². The van der Waals surface area contributed by atoms with Crippen LogP contribution in [0.4, 0.5) is 0 Å². The molecular weight excluding hydrogens is 940 g/mol. The summed E-state index contributed by atoms with van der Waals surface area (Å²) in [6.07, 6.45) is -56.2. The molecule has 29 unspecified atom stereocenters. The van der Waals surface area contributed by atoms with E-state index in [-0.39, 0.29) is 0 Å². The van der Waals surface area contributed by atoms with Crippen molar-refractivity contribution >= 4 is 0 Å². The van der Waals surface area contributed by atoms with E-state index in [1.54, 1.807) is 0 Å². The molecule has 0 aromatic heterocycles. The average Bonchev–Trinajstić information content (AvgIpc) is 3.33. The van der Waals surface area contributed by atoms with Crippen molar-refractivity contribution in [3.05, 3.63) is 0 Å². The Morgan fingerprint density at radius 2 is 0.529 bits per heavy atom. The number of hydrogen-bond donors (Lipinski definition) is 19. The third-order valence-electron chi connectivity index (χ3n) is 12.6. The third kappa shape index (κ3) is 11.6. The van der Waals surface area contributed by atoms with Gasteiger partial charge in [-0.3, -0.25) is 0 Å². The molecule has 0 spiro atoms. The minimum Gasteiger partial charge on any atom is -0.394 e. The largest absolute Gasteiger partial charge is 0.394 e. The Kier molecular flexibility index (Phi) is 19.9. The van der Waals surface area contributed by atoms with Crippen LogP contribution in [-0.2, 0) is 56.8 Å². The van der Waals surface area contributed by atoms with Crippen molar-refractivity contribution in [2.45, 2.75) is 184 Å². The number of hydrogen-bond acceptors (Lipinski definition) is 31. The lowest BCUT2D eigenvalue weighted by molar-refractivity contribution is -0.393. The van der Waals surface area contributed by atoms with Crippen LogP contribution in [0, 0.1) is 0 Å². The van der Waals surface area contributed by atoms with Crippen LogP contribution in [-0.4, -0.2) is 328 Å². The molecule has 30 atom stereocenters. The zero-order chi connectivity index (χ0) is 50.0. The van der Waals surface area contributed by atoms with E-state index in [9.17, 15) is 97.0 Å². The molecule has 6 aliphatic rings. The van der Waals surface area contributed by atoms with Crippen LogP contribution < -0.4 is 0 Å². The zero-order valence-electron chi connectivity index (χ0n) is 36.0. The predicted octanol–water partition coefficient (Wildman–Crippen LogP) is -13.4. The molecule has 6 rings (SSSR count). The Morgan fingerprint density at radius 3 is 0.868 bits per heavy atom. The Bertz CT molecular complexity index is 1520. The molecule has 19 N–H and O–H groups in total. The predicted molar refractivity (Wildman–Crippen MR) is 204 cm³/mol. The molecule has 6 heterocycles. The molecule has 0 aromatic carbocycles. The molecule has 0 radical (unpaired) electrons. The molecule has 0 bridgehead atoms. The third-order valence-corrected chi connectivity index (χ3v) is 12.6. The quantitative estimate of drug-likeness (QED) is 0.0643. The highest BCUT2D eigenvalue weighted by atomic mass is 16.8. The van der Waals surface area contributed by atoms with Crippen LogP contribution >= 0.6 is 0 Å². The normalized spacial score (nSPS) is 52.8. The number of aliphatic hydroxyl groups is 19. The van der Waals surface area contributed by atoms with Gasteiger partial charge in [-0.15, -0.1) is 0 Å². The molecule has 0 saturated carbocycles. The SMILES string of the molecule is COC1OC(COC2OC(CO)C(O)C(O)C2O)C(O)C(OC2OC(CO)C(O)C(OC3OC(COC4OC(CO)C(O)C(O)C4O)[C@@H](O)C(OC4OC(CO)C(O)C(O)C4O)C3O)C2O)C1O. The molecule has 0 amide bonds. The van der Waals surface area contributed by atoms with Gasteiger partial charge in [0.05, 0.1) is 39.6 Å². The van der Waals surface area contributed by atoms with Crippen molar-refractivity contribution in [2.75, 3.05) is 46.8 Å². The molecule has 31 heteroatoms. The van der Waals surface area contributed by atoms with Gasteiger partial charge in [-0.2, -0.15) is 0 Å². The molecule has 6 fully saturated rings. The van der Waals surface area contributed by atoms with E-state index in [1.807, 2.05) is 0 Å². The maximum atomic E-state index is 11.7. The lowest BCUT2D eigenvalue weighted by atomic mass is 9.95. The van der Waals surface area contributed by atoms with Gasteiger partial charge in [0.15, 0.2) is 37.7 Å². The molecule has 68 heavy (non-hydrogen) atoms. The summed E-state index contributed by atoms with van der Waals surface area (Å²) < 4.78 is 66.6. The van der Waals surface area contributed by atoms with Crippen LogP contribution in [0.25, 0.3) is 0 Å². The lowest BCUT2D eigenvalue weighted by Gasteiger charge is -2.49. The summed E-state index contributed by atoms with van der Waals surface area (Å²) in [5.74, 6) is 0. The van der Waals surface area contributed by atoms with E-state index in [4.69, 9.17) is 56.8 Å². The maximum absolute atomic E-state index is 11.7. The van der Waals surface area contributed by atoms with Gasteiger partial charge in [0.2, 0.25) is 0 Å². The fourth-order valence-corrected chi connectivity index (χ4v) is 8.47. The summed E-state index contributed by atoms with van der Waals surface area (Å²) in [7, 11) is 1.09. The van der Waals surface area contributed by atoms with Gasteiger partial charge in [-0.1, -0.05) is 0 Å². The number of aliphatic hydroxyl groups excluding tert-OH is 19. The van der Waals surface area contributed by atoms with Crippen LogP contribution in [0.2, 0.25) is 0 Å². The second-order valence-electron chi connectivity index (χ2n) is 17.1. The Morgan fingerprint density at radius 1 is 0.279 bits per heavy atom. The molecule has 398 valence electrons. The maximum Gasteiger partial charge on any atom is 0.187 e. The van der Waals surface area contributed by atoms with Gasteiger partial charge < -0.3 is 154 Å². The number of rotatable bonds is 17. The van der Waals surface area contributed by atoms with Crippen molar-refractivity contribution in [1.29, 1.82) is 0 Å². The minimum absolute atomic E-state index is 0.704. The molecule has 6 aliphatic heterocycles. The van der Waals surface area contributed by atoms with Gasteiger partial charge in [-0.25, -0.2) is 0 Å². The molecule has 0 aromatic rings. The first-order valence-corrected chi connectivity index (χ1v) is 21.5. The highest BCUT2D eigenvalue weighted by Crippen LogP contribution is 2.36. The van der Waals surface area contributed by atoms with E-state index in [0.29, 0.717) is 0 Å². The first-order valence-electron chi connectivity index (χ1n) is 21.5. The van der Waals surface area contributed by atoms with Gasteiger partial charge in [0.25, 0.3) is 0 Å². The number of methoxy groups -OCH3 is 1. The molecule has 6 saturated heterocycles. The second kappa shape index (κ2) is 24.2. The van der Waals surface area contributed by atoms with Gasteiger partial charge in [-0.05, 0) is 0 Å². The molecule has 31 nitrogen and oxygen atoms in total. The van der Waals surface area contributed by atoms with Gasteiger partial charge >= 0.3 is 0 Å². The summed E-state index contributed by atoms with van der Waals surface area (Å²) in [6.45, 7) is -5.15. The van der Waals surface area contributed by atoms with E-state index in [1.165, 1.54) is 0 Å². The van der Waals surface area contributed by atoms with E-state index < -0.39 is 224 Å². The van der Waals surface area contributed by atoms with E-state index in [2.05, 4.69) is 0 Å². The summed E-state index contributed by atoms with van der Waals surface area (Å²) in [6, 6.07) is 0. The average molecular weight is 1000 g/mol. The highest BCUT2D eigenvalue weighted by molar-refractivity contribution is 4.99. The monoisotopic (exact) mass is 1000 g/mol. The first kappa shape index (κ1) is 56.1. The molecule has 0 aliphatic carbocycles. The Hall–Kier alpha value is -1.24. The molecular formula is C37H64O31. The fourth-order valence-electron chi connectivity index (χ4n) is 8.47. The highest BCUT2D eigenvalue weighted by Gasteiger charge is 2.57. The second-order valence-corrected chi connectivity index (χ2v) is 17.1. The van der Waals surface area contributed by atoms with Crippen LogP contribution in [0.5, 0.6) is 0 Å². The minimum atomic E-state index is -2.25. The van der Waals surface area contributed by atoms with Gasteiger partial charge in [0, 0.05) is 7.11 Å². The Balaban J connectivity index is 1.21. The lowest BCUT2D eigenvalue weighted by Crippen LogP contribution is -2.68. The van der Waals surface area contributed by atoms with Crippen LogP contribution in [0.3, 0.4) is 0 Å². The van der Waals surface area contributed by atoms with Crippen LogP contribution in [0.1, 0.15) is 0 Å². The fraction of sp³-hybridized carbons (Fsp3) is 1.00. The smallest absolute Gasteiger partial charge is 0.187 e. The summed E-state index contributed by atoms with van der Waals surface area (Å²) in [5, 5.41) is 201. The first-order chi connectivity index (χ1) is 32.2. The van der Waals surface area contributed by atoms with Crippen molar-refractivity contribution in [2.24, 2.45) is 0 Å². The van der Waals surface area contributed by atoms with Crippen LogP contribution in [0.15, 0.2) is 0 Å². The standard InChI is InChI=1S/C37H64O31/c1-57-32-26(54)30(18(46)12(64-32)6-58-33-23(51)20(48)14(42)8(2-38)60-33)68-36-27(55)29(17(45)11(5-41)63-36)67-37-28(56)31(66-35-25(53)22(50)16(44)10(4-40)62-35)19(47)13(65-37)7-59-34-24(52)21(49)15(43)9(3-39)61-34/h8-56H,2-7H2,1H3/t8?,9?,10?,11?,12?,13?,14?,15?,16?,17?,18?,19-,20?,21?,22?,23?,24?,25?,26?,27?,28?,29?,30?,31?,32?,33?,34?,35?,36?,37?/m1/s1. The summed E-state index contributed by atoms with van der Waals surface area (Å²) in [4.78, 5) is 0. The van der Waals surface area contributed by atoms with E-state index >= 15 is 0 Å².